The van der Waals surface area contributed by atoms with Crippen LogP contribution < -0.4 is 10.6 Å². The van der Waals surface area contributed by atoms with Crippen LogP contribution in [0.15, 0.2) is 33.7 Å². The summed E-state index contributed by atoms with van der Waals surface area (Å²) >= 11 is 3.34. The predicted molar refractivity (Wildman–Crippen MR) is 67.7 cm³/mol. The highest BCUT2D eigenvalue weighted by Gasteiger charge is 2.13. The van der Waals surface area contributed by atoms with E-state index in [0.717, 1.165) is 29.7 Å². The molecule has 1 aliphatic rings. The molecule has 84 valence electrons. The van der Waals surface area contributed by atoms with E-state index in [1.54, 1.807) is 0 Å². The molecule has 1 aromatic carbocycles. The van der Waals surface area contributed by atoms with Gasteiger partial charge in [0, 0.05) is 23.2 Å². The number of aliphatic imine (C=N–C) groups is 1. The Balaban J connectivity index is 2.01. The molecule has 0 radical (unpaired) electrons. The number of anilines is 1. The van der Waals surface area contributed by atoms with Crippen molar-refractivity contribution in [3.63, 3.8) is 0 Å². The summed E-state index contributed by atoms with van der Waals surface area (Å²) in [7, 11) is 0. The number of hydrogen-bond acceptors (Lipinski definition) is 3. The van der Waals surface area contributed by atoms with Crippen LogP contribution in [-0.2, 0) is 4.79 Å². The number of hydrogen-bond donors (Lipinski definition) is 2. The van der Waals surface area contributed by atoms with E-state index in [-0.39, 0.29) is 5.91 Å². The molecule has 4 nitrogen and oxygen atoms in total. The number of amides is 1. The van der Waals surface area contributed by atoms with E-state index in [1.165, 1.54) is 0 Å². The van der Waals surface area contributed by atoms with Crippen molar-refractivity contribution < 1.29 is 4.79 Å². The molecule has 5 heteroatoms. The second-order valence-electron chi connectivity index (χ2n) is 3.47. The smallest absolute Gasteiger partial charge is 0.290 e. The summed E-state index contributed by atoms with van der Waals surface area (Å²) in [5.41, 5.74) is 0.767. The summed E-state index contributed by atoms with van der Waals surface area (Å²) in [5.74, 6) is 0.246. The average molecular weight is 282 g/mol. The zero-order valence-electron chi connectivity index (χ0n) is 8.66. The number of carbonyl (C=O) groups excluding carboxylic acids is 1. The van der Waals surface area contributed by atoms with Gasteiger partial charge in [0.15, 0.2) is 5.84 Å². The zero-order chi connectivity index (χ0) is 11.4. The van der Waals surface area contributed by atoms with Gasteiger partial charge in [-0.15, -0.1) is 0 Å². The van der Waals surface area contributed by atoms with Crippen molar-refractivity contribution in [3.05, 3.63) is 28.7 Å². The molecular formula is C11H12BrN3O. The summed E-state index contributed by atoms with van der Waals surface area (Å²) < 4.78 is 0.985. The summed E-state index contributed by atoms with van der Waals surface area (Å²) in [6.45, 7) is 1.53. The zero-order valence-corrected chi connectivity index (χ0v) is 10.3. The molecule has 0 saturated heterocycles. The molecule has 0 atom stereocenters. The third-order valence-corrected chi connectivity index (χ3v) is 2.74. The van der Waals surface area contributed by atoms with Crippen LogP contribution >= 0.6 is 15.9 Å². The molecule has 0 bridgehead atoms. The van der Waals surface area contributed by atoms with Gasteiger partial charge in [0.1, 0.15) is 0 Å². The molecule has 1 aromatic rings. The van der Waals surface area contributed by atoms with Crippen molar-refractivity contribution in [2.24, 2.45) is 4.99 Å². The lowest BCUT2D eigenvalue weighted by Crippen LogP contribution is -2.39. The van der Waals surface area contributed by atoms with Crippen LogP contribution in [0, 0.1) is 0 Å². The van der Waals surface area contributed by atoms with Crippen LogP contribution in [0.3, 0.4) is 0 Å². The van der Waals surface area contributed by atoms with Gasteiger partial charge in [-0.05, 0) is 30.7 Å². The first-order valence-corrected chi connectivity index (χ1v) is 5.90. The molecular weight excluding hydrogens is 270 g/mol. The van der Waals surface area contributed by atoms with Gasteiger partial charge in [-0.3, -0.25) is 9.79 Å². The van der Waals surface area contributed by atoms with Crippen LogP contribution in [0.4, 0.5) is 5.69 Å². The van der Waals surface area contributed by atoms with E-state index in [0.29, 0.717) is 5.84 Å². The molecule has 2 rings (SSSR count). The summed E-state index contributed by atoms with van der Waals surface area (Å²) in [6.07, 6.45) is 0.981. The number of benzene rings is 1. The Morgan fingerprint density at radius 3 is 2.75 bits per heavy atom. The summed E-state index contributed by atoms with van der Waals surface area (Å²) in [6, 6.07) is 7.44. The fourth-order valence-corrected chi connectivity index (χ4v) is 1.67. The van der Waals surface area contributed by atoms with Gasteiger partial charge in [-0.25, -0.2) is 0 Å². The maximum Gasteiger partial charge on any atom is 0.290 e. The number of nitrogens with one attached hydrogen (secondary N) is 2. The number of rotatable bonds is 2. The van der Waals surface area contributed by atoms with Crippen LogP contribution in [0.2, 0.25) is 0 Å². The van der Waals surface area contributed by atoms with Crippen LogP contribution in [0.5, 0.6) is 0 Å². The molecule has 0 aliphatic carbocycles. The van der Waals surface area contributed by atoms with Crippen LogP contribution in [-0.4, -0.2) is 24.8 Å². The van der Waals surface area contributed by atoms with Crippen LogP contribution in [0.25, 0.3) is 0 Å². The maximum absolute atomic E-state index is 11.7. The average Bonchev–Trinajstić information content (AvgIpc) is 2.33. The van der Waals surface area contributed by atoms with E-state index in [4.69, 9.17) is 0 Å². The highest BCUT2D eigenvalue weighted by Crippen LogP contribution is 2.14. The molecule has 0 saturated carbocycles. The number of nitrogens with zero attached hydrogens (tertiary/aromatic N) is 1. The molecule has 0 unspecified atom stereocenters. The minimum Gasteiger partial charge on any atom is -0.366 e. The first-order chi connectivity index (χ1) is 7.75. The molecule has 1 aliphatic heterocycles. The quantitative estimate of drug-likeness (QED) is 0.868. The lowest BCUT2D eigenvalue weighted by Gasteiger charge is -2.14. The Hall–Kier alpha value is -1.36. The topological polar surface area (TPSA) is 53.5 Å². The minimum absolute atomic E-state index is 0.179. The highest BCUT2D eigenvalue weighted by atomic mass is 79.9. The van der Waals surface area contributed by atoms with Gasteiger partial charge in [-0.1, -0.05) is 15.9 Å². The van der Waals surface area contributed by atoms with Gasteiger partial charge in [-0.2, -0.15) is 0 Å². The van der Waals surface area contributed by atoms with Gasteiger partial charge >= 0.3 is 0 Å². The molecule has 0 fully saturated rings. The third kappa shape index (κ3) is 2.82. The van der Waals surface area contributed by atoms with Crippen molar-refractivity contribution in [1.29, 1.82) is 0 Å². The second-order valence-corrected chi connectivity index (χ2v) is 4.39. The largest absolute Gasteiger partial charge is 0.366 e. The van der Waals surface area contributed by atoms with Crippen molar-refractivity contribution in [2.45, 2.75) is 6.42 Å². The van der Waals surface area contributed by atoms with E-state index < -0.39 is 0 Å². The van der Waals surface area contributed by atoms with Gasteiger partial charge in [0.05, 0.1) is 0 Å². The predicted octanol–water partition coefficient (Wildman–Crippen LogP) is 1.78. The van der Waals surface area contributed by atoms with E-state index in [1.807, 2.05) is 24.3 Å². The molecule has 0 spiro atoms. The first kappa shape index (κ1) is 11.1. The fraction of sp³-hybridized carbons (Fsp3) is 0.273. The monoisotopic (exact) mass is 281 g/mol. The first-order valence-electron chi connectivity index (χ1n) is 5.11. The molecule has 0 aromatic heterocycles. The molecule has 2 N–H and O–H groups in total. The lowest BCUT2D eigenvalue weighted by molar-refractivity contribution is -0.110. The second kappa shape index (κ2) is 5.12. The Labute approximate surface area is 102 Å². The number of halogens is 1. The van der Waals surface area contributed by atoms with Gasteiger partial charge in [0.25, 0.3) is 5.91 Å². The Morgan fingerprint density at radius 1 is 1.38 bits per heavy atom. The van der Waals surface area contributed by atoms with Gasteiger partial charge in [0.2, 0.25) is 0 Å². The van der Waals surface area contributed by atoms with Crippen molar-refractivity contribution in [3.8, 4) is 0 Å². The summed E-state index contributed by atoms with van der Waals surface area (Å²) in [4.78, 5) is 15.9. The molecule has 1 amide bonds. The Kier molecular flexibility index (Phi) is 3.56. The molecule has 16 heavy (non-hydrogen) atoms. The Bertz CT molecular complexity index is 414. The van der Waals surface area contributed by atoms with Crippen LogP contribution in [0.1, 0.15) is 6.42 Å². The van der Waals surface area contributed by atoms with E-state index >= 15 is 0 Å². The summed E-state index contributed by atoms with van der Waals surface area (Å²) in [5, 5.41) is 5.76. The highest BCUT2D eigenvalue weighted by molar-refractivity contribution is 9.10. The minimum atomic E-state index is -0.179. The maximum atomic E-state index is 11.7. The van der Waals surface area contributed by atoms with Crippen molar-refractivity contribution in [2.75, 3.05) is 18.4 Å². The Morgan fingerprint density at radius 2 is 2.12 bits per heavy atom. The molecule has 1 heterocycles. The van der Waals surface area contributed by atoms with E-state index in [9.17, 15) is 4.79 Å². The SMILES string of the molecule is O=C(Nc1ccc(Br)cc1)C1=NCCCN1. The standard InChI is InChI=1S/C11H12BrN3O/c12-8-2-4-9(5-3-8)15-11(16)10-13-6-1-7-14-10/h2-5H,1,6-7H2,(H,13,14)(H,15,16). The van der Waals surface area contributed by atoms with E-state index in [2.05, 4.69) is 31.6 Å². The fourth-order valence-electron chi connectivity index (χ4n) is 1.41. The third-order valence-electron chi connectivity index (χ3n) is 2.21. The van der Waals surface area contributed by atoms with Crippen molar-refractivity contribution >= 4 is 33.4 Å². The lowest BCUT2D eigenvalue weighted by atomic mass is 10.3. The van der Waals surface area contributed by atoms with Crippen molar-refractivity contribution in [1.82, 2.24) is 5.32 Å². The van der Waals surface area contributed by atoms with Gasteiger partial charge < -0.3 is 10.6 Å². The number of amidine groups is 1. The number of carbonyl (C=O) groups is 1. The normalized spacial score (nSPS) is 14.9.